The Bertz CT molecular complexity index is 975. The maximum atomic E-state index is 10.8. The fourth-order valence-corrected chi connectivity index (χ4v) is 3.73. The molecule has 0 aliphatic carbocycles. The summed E-state index contributed by atoms with van der Waals surface area (Å²) >= 11 is 8.10. The van der Waals surface area contributed by atoms with Crippen LogP contribution in [0.2, 0.25) is 5.02 Å². The number of carbonyl (C=O) groups excluding carboxylic acids is 1. The van der Waals surface area contributed by atoms with Crippen LogP contribution in [0.25, 0.3) is 10.2 Å². The SMILES string of the molecule is CC(COc1ccc(Oc2ccc3nc(C(C)C)sc3c2Cl)cn1)NC(N)=O. The third-order valence-corrected chi connectivity index (χ3v) is 5.66. The van der Waals surface area contributed by atoms with Crippen molar-refractivity contribution in [2.45, 2.75) is 32.7 Å². The van der Waals surface area contributed by atoms with Crippen molar-refractivity contribution in [1.82, 2.24) is 15.3 Å². The van der Waals surface area contributed by atoms with E-state index in [1.807, 2.05) is 6.07 Å². The number of fused-ring (bicyclic) bond motifs is 1. The third kappa shape index (κ3) is 4.82. The van der Waals surface area contributed by atoms with Gasteiger partial charge in [-0.15, -0.1) is 11.3 Å². The van der Waals surface area contributed by atoms with Crippen molar-refractivity contribution < 1.29 is 14.3 Å². The van der Waals surface area contributed by atoms with Gasteiger partial charge in [0, 0.05) is 12.0 Å². The number of benzene rings is 1. The van der Waals surface area contributed by atoms with E-state index in [9.17, 15) is 4.79 Å². The fourth-order valence-electron chi connectivity index (χ4n) is 2.42. The van der Waals surface area contributed by atoms with Gasteiger partial charge in [-0.1, -0.05) is 25.4 Å². The van der Waals surface area contributed by atoms with Crippen molar-refractivity contribution in [2.75, 3.05) is 6.61 Å². The zero-order chi connectivity index (χ0) is 20.3. The molecule has 148 valence electrons. The lowest BCUT2D eigenvalue weighted by Crippen LogP contribution is -2.40. The number of carbonyl (C=O) groups is 1. The van der Waals surface area contributed by atoms with Crippen LogP contribution >= 0.6 is 22.9 Å². The molecule has 0 aliphatic rings. The molecule has 3 aromatic rings. The molecule has 0 bridgehead atoms. The topological polar surface area (TPSA) is 99.4 Å². The smallest absolute Gasteiger partial charge is 0.312 e. The summed E-state index contributed by atoms with van der Waals surface area (Å²) in [4.78, 5) is 19.6. The Labute approximate surface area is 171 Å². The summed E-state index contributed by atoms with van der Waals surface area (Å²) in [6.07, 6.45) is 1.55. The van der Waals surface area contributed by atoms with Crippen LogP contribution < -0.4 is 20.5 Å². The highest BCUT2D eigenvalue weighted by atomic mass is 35.5. The third-order valence-electron chi connectivity index (χ3n) is 3.78. The Balaban J connectivity index is 1.68. The first-order valence-electron chi connectivity index (χ1n) is 8.75. The number of nitrogens with zero attached hydrogens (tertiary/aromatic N) is 2. The van der Waals surface area contributed by atoms with Gasteiger partial charge >= 0.3 is 6.03 Å². The summed E-state index contributed by atoms with van der Waals surface area (Å²) in [7, 11) is 0. The van der Waals surface area contributed by atoms with Gasteiger partial charge < -0.3 is 20.5 Å². The number of ether oxygens (including phenoxy) is 2. The summed E-state index contributed by atoms with van der Waals surface area (Å²) in [6.45, 7) is 6.23. The van der Waals surface area contributed by atoms with Crippen LogP contribution in [0.15, 0.2) is 30.5 Å². The molecule has 0 saturated carbocycles. The average Bonchev–Trinajstić information content (AvgIpc) is 3.08. The van der Waals surface area contributed by atoms with Crippen LogP contribution in [-0.4, -0.2) is 28.6 Å². The van der Waals surface area contributed by atoms with Gasteiger partial charge in [-0.25, -0.2) is 14.8 Å². The molecule has 1 atom stereocenters. The second-order valence-electron chi connectivity index (χ2n) is 6.59. The second-order valence-corrected chi connectivity index (χ2v) is 8.00. The van der Waals surface area contributed by atoms with Crippen molar-refractivity contribution in [1.29, 1.82) is 0 Å². The Kier molecular flexibility index (Phi) is 6.21. The molecule has 0 aliphatic heterocycles. The predicted octanol–water partition coefficient (Wildman–Crippen LogP) is 4.70. The molecule has 2 aromatic heterocycles. The summed E-state index contributed by atoms with van der Waals surface area (Å²) in [6, 6.07) is 6.30. The zero-order valence-corrected chi connectivity index (χ0v) is 17.3. The number of pyridine rings is 1. The molecular weight excluding hydrogens is 400 g/mol. The first kappa shape index (κ1) is 20.2. The Morgan fingerprint density at radius 3 is 2.71 bits per heavy atom. The Hall–Kier alpha value is -2.58. The lowest BCUT2D eigenvalue weighted by molar-refractivity contribution is 0.231. The lowest BCUT2D eigenvalue weighted by atomic mass is 10.2. The van der Waals surface area contributed by atoms with Crippen LogP contribution in [0, 0.1) is 0 Å². The second kappa shape index (κ2) is 8.62. The van der Waals surface area contributed by atoms with Crippen LogP contribution in [0.4, 0.5) is 4.79 Å². The monoisotopic (exact) mass is 420 g/mol. The molecule has 3 rings (SSSR count). The van der Waals surface area contributed by atoms with Crippen molar-refractivity contribution >= 4 is 39.2 Å². The molecule has 0 radical (unpaired) electrons. The minimum atomic E-state index is -0.594. The van der Waals surface area contributed by atoms with Gasteiger partial charge in [-0.2, -0.15) is 0 Å². The first-order chi connectivity index (χ1) is 13.3. The van der Waals surface area contributed by atoms with Crippen LogP contribution in [-0.2, 0) is 0 Å². The molecule has 7 nitrogen and oxygen atoms in total. The number of hydrogen-bond acceptors (Lipinski definition) is 6. The Morgan fingerprint density at radius 1 is 1.29 bits per heavy atom. The van der Waals surface area contributed by atoms with E-state index < -0.39 is 6.03 Å². The van der Waals surface area contributed by atoms with Gasteiger partial charge in [-0.3, -0.25) is 0 Å². The molecule has 2 heterocycles. The largest absolute Gasteiger partial charge is 0.475 e. The van der Waals surface area contributed by atoms with E-state index in [0.717, 1.165) is 15.2 Å². The average molecular weight is 421 g/mol. The quantitative estimate of drug-likeness (QED) is 0.577. The van der Waals surface area contributed by atoms with Gasteiger partial charge in [0.2, 0.25) is 5.88 Å². The van der Waals surface area contributed by atoms with Crippen LogP contribution in [0.5, 0.6) is 17.4 Å². The number of thiazole rings is 1. The van der Waals surface area contributed by atoms with Gasteiger partial charge in [-0.05, 0) is 25.1 Å². The van der Waals surface area contributed by atoms with Crippen molar-refractivity contribution in [2.24, 2.45) is 5.73 Å². The van der Waals surface area contributed by atoms with Crippen LogP contribution in [0.3, 0.4) is 0 Å². The number of amides is 2. The number of urea groups is 1. The van der Waals surface area contributed by atoms with E-state index in [1.165, 1.54) is 0 Å². The number of nitrogens with two attached hydrogens (primary N) is 1. The molecule has 9 heteroatoms. The number of rotatable bonds is 7. The van der Waals surface area contributed by atoms with Crippen molar-refractivity contribution in [3.8, 4) is 17.4 Å². The summed E-state index contributed by atoms with van der Waals surface area (Å²) in [5, 5.41) is 4.10. The highest BCUT2D eigenvalue weighted by Crippen LogP contribution is 2.39. The first-order valence-corrected chi connectivity index (χ1v) is 9.94. The predicted molar refractivity (Wildman–Crippen MR) is 111 cm³/mol. The van der Waals surface area contributed by atoms with Crippen molar-refractivity contribution in [3.05, 3.63) is 40.5 Å². The van der Waals surface area contributed by atoms with Gasteiger partial charge in [0.15, 0.2) is 0 Å². The van der Waals surface area contributed by atoms with E-state index in [-0.39, 0.29) is 12.6 Å². The molecule has 1 aromatic carbocycles. The molecule has 0 fully saturated rings. The van der Waals surface area contributed by atoms with Gasteiger partial charge in [0.05, 0.1) is 27.5 Å². The molecule has 28 heavy (non-hydrogen) atoms. The van der Waals surface area contributed by atoms with E-state index in [1.54, 1.807) is 42.7 Å². The number of hydrogen-bond donors (Lipinski definition) is 2. The highest BCUT2D eigenvalue weighted by molar-refractivity contribution is 7.19. The Morgan fingerprint density at radius 2 is 2.07 bits per heavy atom. The minimum Gasteiger partial charge on any atom is -0.475 e. The van der Waals surface area contributed by atoms with E-state index >= 15 is 0 Å². The summed E-state index contributed by atoms with van der Waals surface area (Å²) < 4.78 is 12.3. The lowest BCUT2D eigenvalue weighted by Gasteiger charge is -2.13. The fraction of sp³-hybridized carbons (Fsp3) is 0.316. The molecule has 1 unspecified atom stereocenters. The molecular formula is C19H21ClN4O3S. The van der Waals surface area contributed by atoms with E-state index in [4.69, 9.17) is 26.8 Å². The molecule has 0 spiro atoms. The minimum absolute atomic E-state index is 0.226. The normalized spacial score (nSPS) is 12.2. The summed E-state index contributed by atoms with van der Waals surface area (Å²) in [5.74, 6) is 1.83. The van der Waals surface area contributed by atoms with Gasteiger partial charge in [0.25, 0.3) is 0 Å². The zero-order valence-electron chi connectivity index (χ0n) is 15.7. The number of nitrogens with one attached hydrogen (secondary N) is 1. The standard InChI is InChI=1S/C19H21ClN4O3S/c1-10(2)18-24-13-5-6-14(16(20)17(13)28-18)27-12-4-7-15(22-8-12)26-9-11(3)23-19(21)25/h4-8,10-11H,9H2,1-3H3,(H3,21,23,25). The molecule has 2 amide bonds. The van der Waals surface area contributed by atoms with E-state index in [0.29, 0.717) is 28.3 Å². The maximum Gasteiger partial charge on any atom is 0.312 e. The van der Waals surface area contributed by atoms with E-state index in [2.05, 4.69) is 29.1 Å². The van der Waals surface area contributed by atoms with Crippen LogP contribution in [0.1, 0.15) is 31.7 Å². The number of primary amides is 1. The number of halogens is 1. The molecule has 3 N–H and O–H groups in total. The van der Waals surface area contributed by atoms with Crippen molar-refractivity contribution in [3.63, 3.8) is 0 Å². The molecule has 0 saturated heterocycles. The van der Waals surface area contributed by atoms with Gasteiger partial charge in [0.1, 0.15) is 23.1 Å². The number of aromatic nitrogens is 2. The summed E-state index contributed by atoms with van der Waals surface area (Å²) in [5.41, 5.74) is 5.93. The maximum absolute atomic E-state index is 10.8. The highest BCUT2D eigenvalue weighted by Gasteiger charge is 2.14.